The van der Waals surface area contributed by atoms with Crippen molar-refractivity contribution in [3.05, 3.63) is 44.6 Å². The lowest BCUT2D eigenvalue weighted by molar-refractivity contribution is 1.18. The Morgan fingerprint density at radius 2 is 2.00 bits per heavy atom. The van der Waals surface area contributed by atoms with Gasteiger partial charge in [-0.1, -0.05) is 34.2 Å². The average molecular weight is 353 g/mol. The summed E-state index contributed by atoms with van der Waals surface area (Å²) < 4.78 is 2.29. The smallest absolute Gasteiger partial charge is 0.184 e. The number of nitrogens with zero attached hydrogens (tertiary/aromatic N) is 1. The summed E-state index contributed by atoms with van der Waals surface area (Å²) in [7, 11) is 0. The van der Waals surface area contributed by atoms with Crippen LogP contribution in [0, 0.1) is 0 Å². The molecule has 1 aromatic carbocycles. The molecule has 0 saturated carbocycles. The van der Waals surface area contributed by atoms with Crippen molar-refractivity contribution in [1.29, 1.82) is 0 Å². The van der Waals surface area contributed by atoms with E-state index in [-0.39, 0.29) is 0 Å². The van der Waals surface area contributed by atoms with Crippen LogP contribution in [0.4, 0.5) is 5.13 Å². The first-order chi connectivity index (χ1) is 9.24. The van der Waals surface area contributed by atoms with Crippen molar-refractivity contribution < 1.29 is 0 Å². The van der Waals surface area contributed by atoms with Crippen LogP contribution in [0.25, 0.3) is 10.2 Å². The van der Waals surface area contributed by atoms with Gasteiger partial charge in [-0.25, -0.2) is 4.98 Å². The van der Waals surface area contributed by atoms with Crippen LogP contribution in [0.3, 0.4) is 0 Å². The molecule has 1 N–H and O–H groups in total. The number of thiazole rings is 1. The minimum Gasteiger partial charge on any atom is -0.357 e. The van der Waals surface area contributed by atoms with Gasteiger partial charge in [-0.05, 0) is 36.8 Å². The molecule has 19 heavy (non-hydrogen) atoms. The molecule has 0 amide bonds. The van der Waals surface area contributed by atoms with Crippen LogP contribution in [-0.2, 0) is 13.0 Å². The van der Waals surface area contributed by atoms with Crippen LogP contribution in [0.2, 0.25) is 0 Å². The number of anilines is 1. The Morgan fingerprint density at radius 3 is 2.79 bits per heavy atom. The van der Waals surface area contributed by atoms with E-state index in [9.17, 15) is 0 Å². The van der Waals surface area contributed by atoms with Crippen LogP contribution >= 0.6 is 38.6 Å². The zero-order valence-electron chi connectivity index (χ0n) is 10.4. The fraction of sp³-hybridized carbons (Fsp3) is 0.214. The summed E-state index contributed by atoms with van der Waals surface area (Å²) in [5.41, 5.74) is 1.04. The number of halogens is 1. The third-order valence-corrected chi connectivity index (χ3v) is 5.55. The molecule has 0 radical (unpaired) electrons. The van der Waals surface area contributed by atoms with Gasteiger partial charge in [-0.15, -0.1) is 11.3 Å². The number of nitrogens with one attached hydrogen (secondary N) is 1. The molecule has 0 spiro atoms. The summed E-state index contributed by atoms with van der Waals surface area (Å²) in [6.07, 6.45) is 1.11. The molecular formula is C14H13BrN2S2. The number of thiophene rings is 1. The topological polar surface area (TPSA) is 24.9 Å². The highest BCUT2D eigenvalue weighted by atomic mass is 79.9. The van der Waals surface area contributed by atoms with Crippen molar-refractivity contribution in [2.75, 3.05) is 5.32 Å². The van der Waals surface area contributed by atoms with Gasteiger partial charge in [0, 0.05) is 14.2 Å². The molecule has 0 aliphatic heterocycles. The number of fused-ring (bicyclic) bond motifs is 1. The average Bonchev–Trinajstić information content (AvgIpc) is 3.01. The Kier molecular flexibility index (Phi) is 3.86. The second kappa shape index (κ2) is 5.61. The van der Waals surface area contributed by atoms with Crippen molar-refractivity contribution >= 4 is 54.0 Å². The molecule has 0 fully saturated rings. The molecule has 0 aliphatic rings. The van der Waals surface area contributed by atoms with Gasteiger partial charge in [0.15, 0.2) is 5.13 Å². The summed E-state index contributed by atoms with van der Waals surface area (Å²) in [6.45, 7) is 3.04. The second-order valence-corrected chi connectivity index (χ2v) is 7.41. The van der Waals surface area contributed by atoms with Crippen molar-refractivity contribution in [2.24, 2.45) is 0 Å². The van der Waals surface area contributed by atoms with Gasteiger partial charge >= 0.3 is 0 Å². The van der Waals surface area contributed by atoms with E-state index in [1.807, 2.05) is 11.3 Å². The molecule has 0 saturated heterocycles. The maximum atomic E-state index is 4.60. The highest BCUT2D eigenvalue weighted by Gasteiger charge is 2.05. The van der Waals surface area contributed by atoms with E-state index < -0.39 is 0 Å². The Bertz CT molecular complexity index is 702. The Balaban J connectivity index is 1.74. The Hall–Kier alpha value is -0.910. The number of aryl methyl sites for hydroxylation is 1. The molecule has 0 aliphatic carbocycles. The largest absolute Gasteiger partial charge is 0.357 e. The molecule has 3 aromatic rings. The first-order valence-electron chi connectivity index (χ1n) is 6.12. The molecule has 0 unspecified atom stereocenters. The lowest BCUT2D eigenvalue weighted by Crippen LogP contribution is -1.95. The Labute approximate surface area is 128 Å². The van der Waals surface area contributed by atoms with Gasteiger partial charge in [-0.2, -0.15) is 0 Å². The van der Waals surface area contributed by atoms with E-state index in [1.165, 1.54) is 14.5 Å². The summed E-state index contributed by atoms with van der Waals surface area (Å²) in [5.74, 6) is 0. The highest BCUT2D eigenvalue weighted by molar-refractivity contribution is 9.10. The zero-order chi connectivity index (χ0) is 13.2. The van der Waals surface area contributed by atoms with Gasteiger partial charge < -0.3 is 5.32 Å². The number of hydrogen-bond donors (Lipinski definition) is 1. The number of aromatic nitrogens is 1. The van der Waals surface area contributed by atoms with E-state index in [2.05, 4.69) is 63.5 Å². The molecule has 2 aromatic heterocycles. The van der Waals surface area contributed by atoms with Gasteiger partial charge in [0.25, 0.3) is 0 Å². The van der Waals surface area contributed by atoms with Crippen molar-refractivity contribution in [3.8, 4) is 0 Å². The highest BCUT2D eigenvalue weighted by Crippen LogP contribution is 2.28. The fourth-order valence-corrected chi connectivity index (χ4v) is 3.93. The molecule has 5 heteroatoms. The van der Waals surface area contributed by atoms with Crippen LogP contribution in [0.1, 0.15) is 16.7 Å². The van der Waals surface area contributed by atoms with E-state index in [0.29, 0.717) is 0 Å². The minimum atomic E-state index is 0.853. The van der Waals surface area contributed by atoms with Gasteiger partial charge in [-0.3, -0.25) is 0 Å². The molecule has 3 rings (SSSR count). The number of rotatable bonds is 4. The van der Waals surface area contributed by atoms with E-state index >= 15 is 0 Å². The summed E-state index contributed by atoms with van der Waals surface area (Å²) in [5, 5.41) is 4.40. The maximum absolute atomic E-state index is 4.60. The summed E-state index contributed by atoms with van der Waals surface area (Å²) >= 11 is 7.04. The van der Waals surface area contributed by atoms with Gasteiger partial charge in [0.1, 0.15) is 0 Å². The molecule has 0 bridgehead atoms. The van der Waals surface area contributed by atoms with Crippen LogP contribution in [0.15, 0.2) is 34.8 Å². The predicted molar refractivity (Wildman–Crippen MR) is 88.3 cm³/mol. The molecule has 0 atom stereocenters. The first kappa shape index (κ1) is 13.1. The standard InChI is InChI=1S/C14H13BrN2S2/c1-2-10-4-5-11(18-10)8-16-14-17-12-7-9(15)3-6-13(12)19-14/h3-7H,2,8H2,1H3,(H,16,17). The first-order valence-corrected chi connectivity index (χ1v) is 8.55. The third kappa shape index (κ3) is 2.99. The van der Waals surface area contributed by atoms with Gasteiger partial charge in [0.2, 0.25) is 0 Å². The molecular weight excluding hydrogens is 340 g/mol. The van der Waals surface area contributed by atoms with Crippen molar-refractivity contribution in [2.45, 2.75) is 19.9 Å². The normalized spacial score (nSPS) is 11.1. The predicted octanol–water partition coefficient (Wildman–Crippen LogP) is 5.29. The van der Waals surface area contributed by atoms with Crippen molar-refractivity contribution in [3.63, 3.8) is 0 Å². The molecule has 2 nitrogen and oxygen atoms in total. The lowest BCUT2D eigenvalue weighted by atomic mass is 10.3. The molecule has 98 valence electrons. The summed E-state index contributed by atoms with van der Waals surface area (Å²) in [6, 6.07) is 10.6. The second-order valence-electron chi connectivity index (χ2n) is 4.21. The quantitative estimate of drug-likeness (QED) is 0.689. The van der Waals surface area contributed by atoms with Gasteiger partial charge in [0.05, 0.1) is 16.8 Å². The fourth-order valence-electron chi connectivity index (χ4n) is 1.85. The van der Waals surface area contributed by atoms with E-state index in [1.54, 1.807) is 11.3 Å². The third-order valence-electron chi connectivity index (χ3n) is 2.83. The maximum Gasteiger partial charge on any atom is 0.184 e. The SMILES string of the molecule is CCc1ccc(CNc2nc3cc(Br)ccc3s2)s1. The van der Waals surface area contributed by atoms with Crippen molar-refractivity contribution in [1.82, 2.24) is 4.98 Å². The zero-order valence-corrected chi connectivity index (χ0v) is 13.7. The lowest BCUT2D eigenvalue weighted by Gasteiger charge is -1.98. The van der Waals surface area contributed by atoms with Crippen LogP contribution in [0.5, 0.6) is 0 Å². The Morgan fingerprint density at radius 1 is 1.16 bits per heavy atom. The van der Waals surface area contributed by atoms with E-state index in [4.69, 9.17) is 0 Å². The summed E-state index contributed by atoms with van der Waals surface area (Å²) in [4.78, 5) is 7.39. The number of benzene rings is 1. The monoisotopic (exact) mass is 352 g/mol. The minimum absolute atomic E-state index is 0.853. The van der Waals surface area contributed by atoms with Crippen LogP contribution < -0.4 is 5.32 Å². The van der Waals surface area contributed by atoms with Crippen LogP contribution in [-0.4, -0.2) is 4.98 Å². The molecule has 2 heterocycles. The van der Waals surface area contributed by atoms with E-state index in [0.717, 1.165) is 28.1 Å². The number of hydrogen-bond acceptors (Lipinski definition) is 4.